The van der Waals surface area contributed by atoms with Crippen LogP contribution in [0.3, 0.4) is 0 Å². The maximum Gasteiger partial charge on any atom is 0.251 e. The quantitative estimate of drug-likeness (QED) is 0.859. The van der Waals surface area contributed by atoms with E-state index in [4.69, 9.17) is 0 Å². The second-order valence-corrected chi connectivity index (χ2v) is 8.15. The van der Waals surface area contributed by atoms with Gasteiger partial charge in [0.25, 0.3) is 5.91 Å². The molecule has 0 saturated carbocycles. The van der Waals surface area contributed by atoms with Gasteiger partial charge in [-0.05, 0) is 17.7 Å². The Labute approximate surface area is 142 Å². The molecule has 0 spiro atoms. The first-order valence-corrected chi connectivity index (χ1v) is 9.69. The molecule has 0 unspecified atom stereocenters. The van der Waals surface area contributed by atoms with E-state index < -0.39 is 15.9 Å². The van der Waals surface area contributed by atoms with E-state index in [0.717, 1.165) is 5.56 Å². The molecule has 1 aliphatic rings. The van der Waals surface area contributed by atoms with Gasteiger partial charge in [-0.1, -0.05) is 48.5 Å². The Hall–Kier alpha value is -2.18. The van der Waals surface area contributed by atoms with Gasteiger partial charge in [-0.25, -0.2) is 8.42 Å². The Bertz CT molecular complexity index is 792. The van der Waals surface area contributed by atoms with Crippen LogP contribution in [-0.2, 0) is 16.4 Å². The van der Waals surface area contributed by atoms with Crippen LogP contribution in [0.5, 0.6) is 0 Å². The molecule has 3 rings (SSSR count). The third-order valence-electron chi connectivity index (χ3n) is 4.12. The van der Waals surface area contributed by atoms with E-state index in [9.17, 15) is 13.2 Å². The van der Waals surface area contributed by atoms with E-state index in [2.05, 4.69) is 10.6 Å². The van der Waals surface area contributed by atoms with Crippen LogP contribution >= 0.6 is 0 Å². The predicted octanol–water partition coefficient (Wildman–Crippen LogP) is 1.37. The Morgan fingerprint density at radius 1 is 0.917 bits per heavy atom. The lowest BCUT2D eigenvalue weighted by atomic mass is 10.1. The van der Waals surface area contributed by atoms with E-state index in [0.29, 0.717) is 12.1 Å². The van der Waals surface area contributed by atoms with Crippen molar-refractivity contribution in [3.63, 3.8) is 0 Å². The first-order chi connectivity index (χ1) is 11.5. The molecule has 2 aromatic rings. The SMILES string of the molecule is O=C(N[C@H]1CS(=O)(=O)C[C@H]1NCc1ccccc1)c1ccccc1. The van der Waals surface area contributed by atoms with Gasteiger partial charge in [-0.2, -0.15) is 0 Å². The molecule has 0 bridgehead atoms. The second-order valence-electron chi connectivity index (χ2n) is 6.00. The van der Waals surface area contributed by atoms with Crippen molar-refractivity contribution in [3.05, 3.63) is 71.8 Å². The third-order valence-corrected chi connectivity index (χ3v) is 5.85. The molecule has 6 heteroatoms. The summed E-state index contributed by atoms with van der Waals surface area (Å²) in [5.41, 5.74) is 1.61. The van der Waals surface area contributed by atoms with E-state index in [-0.39, 0.29) is 23.5 Å². The van der Waals surface area contributed by atoms with Gasteiger partial charge in [-0.3, -0.25) is 4.79 Å². The first kappa shape index (κ1) is 16.7. The molecule has 126 valence electrons. The van der Waals surface area contributed by atoms with Crippen LogP contribution < -0.4 is 10.6 Å². The zero-order valence-corrected chi connectivity index (χ0v) is 14.0. The van der Waals surface area contributed by atoms with Gasteiger partial charge in [0.05, 0.1) is 17.5 Å². The van der Waals surface area contributed by atoms with Crippen molar-refractivity contribution in [1.82, 2.24) is 10.6 Å². The summed E-state index contributed by atoms with van der Waals surface area (Å²) in [5.74, 6) is -0.235. The van der Waals surface area contributed by atoms with Gasteiger partial charge in [-0.15, -0.1) is 0 Å². The summed E-state index contributed by atoms with van der Waals surface area (Å²) in [5, 5.41) is 6.12. The number of hydrogen-bond donors (Lipinski definition) is 2. The Morgan fingerprint density at radius 3 is 2.17 bits per heavy atom. The summed E-state index contributed by atoms with van der Waals surface area (Å²) in [6.45, 7) is 0.568. The van der Waals surface area contributed by atoms with Crippen molar-refractivity contribution in [2.45, 2.75) is 18.6 Å². The lowest BCUT2D eigenvalue weighted by molar-refractivity contribution is 0.0935. The first-order valence-electron chi connectivity index (χ1n) is 7.87. The van der Waals surface area contributed by atoms with E-state index in [1.165, 1.54) is 0 Å². The zero-order valence-electron chi connectivity index (χ0n) is 13.2. The molecule has 24 heavy (non-hydrogen) atoms. The second kappa shape index (κ2) is 7.15. The minimum absolute atomic E-state index is 0.0297. The van der Waals surface area contributed by atoms with Crippen LogP contribution in [-0.4, -0.2) is 37.9 Å². The van der Waals surface area contributed by atoms with Gasteiger partial charge in [0.2, 0.25) is 0 Å². The third kappa shape index (κ3) is 4.21. The molecule has 1 heterocycles. The number of carbonyl (C=O) groups is 1. The van der Waals surface area contributed by atoms with Crippen molar-refractivity contribution < 1.29 is 13.2 Å². The molecule has 1 fully saturated rings. The molecule has 1 aliphatic heterocycles. The van der Waals surface area contributed by atoms with Crippen LogP contribution in [0.1, 0.15) is 15.9 Å². The Balaban J connectivity index is 1.66. The average Bonchev–Trinajstić information content (AvgIpc) is 2.88. The molecule has 0 radical (unpaired) electrons. The minimum atomic E-state index is -3.15. The molecule has 1 saturated heterocycles. The van der Waals surface area contributed by atoms with Crippen LogP contribution in [0.2, 0.25) is 0 Å². The lowest BCUT2D eigenvalue weighted by Gasteiger charge is -2.21. The van der Waals surface area contributed by atoms with Crippen LogP contribution in [0.4, 0.5) is 0 Å². The number of rotatable bonds is 5. The number of nitrogens with one attached hydrogen (secondary N) is 2. The maximum absolute atomic E-state index is 12.3. The smallest absolute Gasteiger partial charge is 0.251 e. The molecule has 2 aromatic carbocycles. The fraction of sp³-hybridized carbons (Fsp3) is 0.278. The van der Waals surface area contributed by atoms with E-state index in [1.807, 2.05) is 36.4 Å². The van der Waals surface area contributed by atoms with Crippen molar-refractivity contribution in [2.75, 3.05) is 11.5 Å². The van der Waals surface area contributed by atoms with E-state index in [1.54, 1.807) is 24.3 Å². The van der Waals surface area contributed by atoms with Crippen LogP contribution in [0.15, 0.2) is 60.7 Å². The molecule has 2 N–H and O–H groups in total. The Morgan fingerprint density at radius 2 is 1.50 bits per heavy atom. The summed E-state index contributed by atoms with van der Waals surface area (Å²) in [6, 6.07) is 17.9. The topological polar surface area (TPSA) is 75.3 Å². The highest BCUT2D eigenvalue weighted by Gasteiger charge is 2.38. The standard InChI is InChI=1S/C18H20N2O3S/c21-18(15-9-5-2-6-10-15)20-17-13-24(22,23)12-16(17)19-11-14-7-3-1-4-8-14/h1-10,16-17,19H,11-13H2,(H,20,21)/t16-,17+/m1/s1. The average molecular weight is 344 g/mol. The fourth-order valence-corrected chi connectivity index (χ4v) is 4.77. The summed E-state index contributed by atoms with van der Waals surface area (Å²) in [7, 11) is -3.15. The molecule has 1 amide bonds. The van der Waals surface area contributed by atoms with Crippen molar-refractivity contribution >= 4 is 15.7 Å². The Kier molecular flexibility index (Phi) is 4.97. The minimum Gasteiger partial charge on any atom is -0.347 e. The highest BCUT2D eigenvalue weighted by molar-refractivity contribution is 7.91. The summed E-state index contributed by atoms with van der Waals surface area (Å²) < 4.78 is 24.0. The molecule has 0 aromatic heterocycles. The largest absolute Gasteiger partial charge is 0.347 e. The fourth-order valence-electron chi connectivity index (χ4n) is 2.88. The lowest BCUT2D eigenvalue weighted by Crippen LogP contribution is -2.49. The monoisotopic (exact) mass is 344 g/mol. The molecular weight excluding hydrogens is 324 g/mol. The predicted molar refractivity (Wildman–Crippen MR) is 93.4 cm³/mol. The molecule has 0 aliphatic carbocycles. The van der Waals surface area contributed by atoms with E-state index >= 15 is 0 Å². The normalized spacial score (nSPS) is 22.2. The highest BCUT2D eigenvalue weighted by Crippen LogP contribution is 2.14. The summed E-state index contributed by atoms with van der Waals surface area (Å²) in [6.07, 6.45) is 0. The number of sulfone groups is 1. The van der Waals surface area contributed by atoms with Gasteiger partial charge < -0.3 is 10.6 Å². The van der Waals surface area contributed by atoms with Gasteiger partial charge in [0.1, 0.15) is 0 Å². The van der Waals surface area contributed by atoms with Crippen molar-refractivity contribution in [3.8, 4) is 0 Å². The molecular formula is C18H20N2O3S. The number of carbonyl (C=O) groups excluding carboxylic acids is 1. The van der Waals surface area contributed by atoms with Crippen molar-refractivity contribution in [2.24, 2.45) is 0 Å². The highest BCUT2D eigenvalue weighted by atomic mass is 32.2. The van der Waals surface area contributed by atoms with Crippen LogP contribution in [0.25, 0.3) is 0 Å². The maximum atomic E-state index is 12.3. The van der Waals surface area contributed by atoms with Crippen LogP contribution in [0, 0.1) is 0 Å². The number of benzene rings is 2. The molecule has 5 nitrogen and oxygen atoms in total. The molecule has 2 atom stereocenters. The summed E-state index contributed by atoms with van der Waals surface area (Å²) >= 11 is 0. The van der Waals surface area contributed by atoms with Gasteiger partial charge >= 0.3 is 0 Å². The van der Waals surface area contributed by atoms with Gasteiger partial charge in [0, 0.05) is 18.2 Å². The number of amides is 1. The van der Waals surface area contributed by atoms with Crippen molar-refractivity contribution in [1.29, 1.82) is 0 Å². The zero-order chi connectivity index (χ0) is 17.0. The summed E-state index contributed by atoms with van der Waals surface area (Å²) in [4.78, 5) is 12.3. The van der Waals surface area contributed by atoms with Gasteiger partial charge in [0.15, 0.2) is 9.84 Å². The number of hydrogen-bond acceptors (Lipinski definition) is 4.